The number of nitrogens with one attached hydrogen (secondary N) is 1. The van der Waals surface area contributed by atoms with Gasteiger partial charge in [-0.15, -0.1) is 0 Å². The van der Waals surface area contributed by atoms with E-state index in [9.17, 15) is 8.42 Å². The molecule has 11 heteroatoms. The van der Waals surface area contributed by atoms with Gasteiger partial charge in [0.25, 0.3) is 0 Å². The molecule has 0 radical (unpaired) electrons. The summed E-state index contributed by atoms with van der Waals surface area (Å²) in [4.78, 5) is 16.5. The second-order valence-corrected chi connectivity index (χ2v) is 11.6. The summed E-state index contributed by atoms with van der Waals surface area (Å²) in [5, 5.41) is 3.11. The summed E-state index contributed by atoms with van der Waals surface area (Å²) in [5.74, 6) is 1.89. The lowest BCUT2D eigenvalue weighted by atomic mass is 10.0. The second kappa shape index (κ2) is 7.56. The molecule has 2 aromatic heterocycles. The third kappa shape index (κ3) is 3.33. The lowest BCUT2D eigenvalue weighted by Gasteiger charge is -2.45. The van der Waals surface area contributed by atoms with E-state index in [-0.39, 0.29) is 12.1 Å². The highest BCUT2D eigenvalue weighted by Gasteiger charge is 2.44. The summed E-state index contributed by atoms with van der Waals surface area (Å²) in [6, 6.07) is 7.72. The first-order valence-corrected chi connectivity index (χ1v) is 12.8. The van der Waals surface area contributed by atoms with Crippen molar-refractivity contribution in [1.82, 2.24) is 19.5 Å². The number of nitrogens with zero attached hydrogens (tertiary/aromatic N) is 5. The molecular weight excluding hydrogens is 444 g/mol. The molecule has 33 heavy (non-hydrogen) atoms. The summed E-state index contributed by atoms with van der Waals surface area (Å²) >= 11 is 0. The minimum absolute atomic E-state index is 0.0125. The number of fused-ring (bicyclic) bond motifs is 4. The Morgan fingerprint density at radius 1 is 1.12 bits per heavy atom. The van der Waals surface area contributed by atoms with E-state index in [0.717, 1.165) is 11.0 Å². The van der Waals surface area contributed by atoms with E-state index in [1.54, 1.807) is 20.9 Å². The molecule has 0 saturated carbocycles. The minimum Gasteiger partial charge on any atom is -0.486 e. The van der Waals surface area contributed by atoms with E-state index >= 15 is 0 Å². The largest absolute Gasteiger partial charge is 0.486 e. The zero-order valence-corrected chi connectivity index (χ0v) is 20.2. The quantitative estimate of drug-likeness (QED) is 0.610. The monoisotopic (exact) mass is 472 g/mol. The number of hydrogen-bond acceptors (Lipinski definition) is 9. The lowest BCUT2D eigenvalue weighted by molar-refractivity contribution is 0.0482. The maximum atomic E-state index is 12.8. The molecule has 1 fully saturated rings. The fourth-order valence-electron chi connectivity index (χ4n) is 4.40. The highest BCUT2D eigenvalue weighted by Crippen LogP contribution is 2.44. The Balaban J connectivity index is 1.83. The fourth-order valence-corrected chi connectivity index (χ4v) is 4.89. The zero-order chi connectivity index (χ0) is 23.5. The summed E-state index contributed by atoms with van der Waals surface area (Å²) in [6.07, 6.45) is 1.22. The maximum absolute atomic E-state index is 12.8. The first-order valence-electron chi connectivity index (χ1n) is 10.9. The Hall–Kier alpha value is -2.92. The van der Waals surface area contributed by atoms with Gasteiger partial charge in [-0.1, -0.05) is 12.1 Å². The van der Waals surface area contributed by atoms with Gasteiger partial charge in [0.2, 0.25) is 11.9 Å². The van der Waals surface area contributed by atoms with E-state index in [4.69, 9.17) is 19.4 Å². The molecule has 1 aromatic carbocycles. The highest BCUT2D eigenvalue weighted by atomic mass is 32.2. The molecule has 0 bridgehead atoms. The standard InChI is InChI=1S/C22H28N6O4S/c1-13-10-31-11-14-12-32-17-18(22(2,3)33(5,29)30)25-21(26-19(17)27(13)14)28-16-9-7-6-8-15(16)24-20(28)23-4/h6-9,13-14H,10-12H2,1-5H3,(H,23,24)/t13-,14+/m1/s1. The van der Waals surface area contributed by atoms with Crippen molar-refractivity contribution >= 4 is 32.6 Å². The van der Waals surface area contributed by atoms with Crippen molar-refractivity contribution in [3.63, 3.8) is 0 Å². The van der Waals surface area contributed by atoms with Crippen LogP contribution >= 0.6 is 0 Å². The number of sulfone groups is 1. The number of imidazole rings is 1. The Morgan fingerprint density at radius 3 is 2.61 bits per heavy atom. The second-order valence-electron chi connectivity index (χ2n) is 9.08. The van der Waals surface area contributed by atoms with Crippen LogP contribution < -0.4 is 15.0 Å². The molecule has 0 aliphatic carbocycles. The Kier molecular flexibility index (Phi) is 5.02. The predicted molar refractivity (Wildman–Crippen MR) is 126 cm³/mol. The zero-order valence-electron chi connectivity index (χ0n) is 19.4. The number of para-hydroxylation sites is 2. The molecule has 1 saturated heterocycles. The number of anilines is 2. The number of hydrogen-bond donors (Lipinski definition) is 1. The van der Waals surface area contributed by atoms with Gasteiger partial charge in [-0.3, -0.25) is 0 Å². The highest BCUT2D eigenvalue weighted by molar-refractivity contribution is 7.91. The van der Waals surface area contributed by atoms with Gasteiger partial charge in [0.15, 0.2) is 21.4 Å². The first kappa shape index (κ1) is 21.9. The van der Waals surface area contributed by atoms with Gasteiger partial charge in [0.05, 0.1) is 36.3 Å². The van der Waals surface area contributed by atoms with Crippen molar-refractivity contribution in [3.05, 3.63) is 30.0 Å². The number of aromatic nitrogens is 4. The molecule has 0 spiro atoms. The number of morpholine rings is 1. The lowest BCUT2D eigenvalue weighted by Crippen LogP contribution is -2.56. The van der Waals surface area contributed by atoms with Crippen molar-refractivity contribution in [2.75, 3.05) is 43.3 Å². The fraction of sp³-hybridized carbons (Fsp3) is 0.500. The first-order chi connectivity index (χ1) is 15.6. The minimum atomic E-state index is -3.53. The van der Waals surface area contributed by atoms with Crippen LogP contribution in [0, 0.1) is 0 Å². The third-order valence-electron chi connectivity index (χ3n) is 6.52. The molecule has 10 nitrogen and oxygen atoms in total. The maximum Gasteiger partial charge on any atom is 0.239 e. The number of ether oxygens (including phenoxy) is 2. The van der Waals surface area contributed by atoms with Gasteiger partial charge in [0.1, 0.15) is 17.0 Å². The van der Waals surface area contributed by atoms with Crippen LogP contribution in [-0.2, 0) is 19.3 Å². The molecule has 0 unspecified atom stereocenters. The van der Waals surface area contributed by atoms with Crippen LogP contribution in [0.4, 0.5) is 11.8 Å². The topological polar surface area (TPSA) is 111 Å². The Morgan fingerprint density at radius 2 is 1.88 bits per heavy atom. The van der Waals surface area contributed by atoms with Gasteiger partial charge in [0, 0.05) is 13.3 Å². The van der Waals surface area contributed by atoms with E-state index < -0.39 is 14.6 Å². The van der Waals surface area contributed by atoms with Gasteiger partial charge < -0.3 is 19.7 Å². The van der Waals surface area contributed by atoms with Gasteiger partial charge in [-0.2, -0.15) is 4.98 Å². The van der Waals surface area contributed by atoms with Gasteiger partial charge in [-0.05, 0) is 32.9 Å². The summed E-state index contributed by atoms with van der Waals surface area (Å²) < 4.78 is 38.0. The molecular formula is C22H28N6O4S. The van der Waals surface area contributed by atoms with E-state index in [0.29, 0.717) is 49.0 Å². The van der Waals surface area contributed by atoms with E-state index in [1.807, 2.05) is 28.8 Å². The van der Waals surface area contributed by atoms with Crippen LogP contribution in [0.15, 0.2) is 24.3 Å². The molecule has 2 aliphatic rings. The molecule has 176 valence electrons. The number of rotatable bonds is 4. The van der Waals surface area contributed by atoms with Gasteiger partial charge >= 0.3 is 0 Å². The molecule has 2 atom stereocenters. The predicted octanol–water partition coefficient (Wildman–Crippen LogP) is 2.12. The summed E-state index contributed by atoms with van der Waals surface area (Å²) in [6.45, 7) is 6.81. The van der Waals surface area contributed by atoms with E-state index in [1.165, 1.54) is 6.26 Å². The van der Waals surface area contributed by atoms with Crippen molar-refractivity contribution in [2.24, 2.45) is 0 Å². The molecule has 5 rings (SSSR count). The van der Waals surface area contributed by atoms with Crippen LogP contribution in [0.2, 0.25) is 0 Å². The van der Waals surface area contributed by atoms with Crippen LogP contribution in [0.25, 0.3) is 17.0 Å². The molecule has 4 heterocycles. The van der Waals surface area contributed by atoms with Crippen molar-refractivity contribution < 1.29 is 17.9 Å². The van der Waals surface area contributed by atoms with E-state index in [2.05, 4.69) is 22.1 Å². The van der Waals surface area contributed by atoms with Crippen LogP contribution in [0.1, 0.15) is 26.5 Å². The number of benzene rings is 1. The molecule has 2 aliphatic heterocycles. The third-order valence-corrected chi connectivity index (χ3v) is 8.57. The van der Waals surface area contributed by atoms with Crippen molar-refractivity contribution in [3.8, 4) is 11.7 Å². The van der Waals surface area contributed by atoms with Crippen LogP contribution in [0.3, 0.4) is 0 Å². The normalized spacial score (nSPS) is 20.8. The average Bonchev–Trinajstić information content (AvgIpc) is 3.16. The molecule has 0 amide bonds. The van der Waals surface area contributed by atoms with Crippen LogP contribution in [0.5, 0.6) is 5.75 Å². The average molecular weight is 473 g/mol. The Labute approximate surface area is 192 Å². The Bertz CT molecular complexity index is 1340. The molecule has 1 N–H and O–H groups in total. The van der Waals surface area contributed by atoms with Crippen molar-refractivity contribution in [1.29, 1.82) is 0 Å². The SMILES string of the molecule is CNc1nc2ccccc2n1-c1nc2c(c(C(C)(C)S(C)(=O)=O)n1)OC[C@@H]1COC[C@@H](C)N21. The van der Waals surface area contributed by atoms with Crippen LogP contribution in [-0.4, -0.2) is 73.1 Å². The molecule has 3 aromatic rings. The summed E-state index contributed by atoms with van der Waals surface area (Å²) in [5.41, 5.74) is 1.93. The van der Waals surface area contributed by atoms with Crippen molar-refractivity contribution in [2.45, 2.75) is 37.6 Å². The summed E-state index contributed by atoms with van der Waals surface area (Å²) in [7, 11) is -1.75. The smallest absolute Gasteiger partial charge is 0.239 e. The van der Waals surface area contributed by atoms with Gasteiger partial charge in [-0.25, -0.2) is 23.0 Å².